The zero-order valence-corrected chi connectivity index (χ0v) is 17.6. The molecule has 1 aliphatic heterocycles. The first-order chi connectivity index (χ1) is 14.9. The Morgan fingerprint density at radius 2 is 1.87 bits per heavy atom. The largest absolute Gasteiger partial charge is 0.497 e. The van der Waals surface area contributed by atoms with Crippen LogP contribution in [-0.2, 0) is 16.1 Å². The number of carbonyl (C=O) groups is 3. The van der Waals surface area contributed by atoms with Crippen LogP contribution in [0, 0.1) is 5.92 Å². The van der Waals surface area contributed by atoms with Crippen LogP contribution < -0.4 is 4.74 Å². The molecule has 0 N–H and O–H groups in total. The molecule has 1 saturated heterocycles. The molecule has 9 heteroatoms. The molecule has 1 fully saturated rings. The first-order valence-corrected chi connectivity index (χ1v) is 9.79. The fraction of sp³-hybridized carbons (Fsp3) is 0.318. The maximum absolute atomic E-state index is 13.3. The van der Waals surface area contributed by atoms with Gasteiger partial charge in [-0.3, -0.25) is 19.3 Å². The molecule has 0 saturated carbocycles. The number of ether oxygens (including phenoxy) is 1. The molecule has 0 aromatic heterocycles. The maximum atomic E-state index is 13.3. The number of azide groups is 1. The van der Waals surface area contributed by atoms with E-state index in [1.807, 2.05) is 26.0 Å². The van der Waals surface area contributed by atoms with Gasteiger partial charge >= 0.3 is 0 Å². The molecule has 0 aliphatic carbocycles. The number of methoxy groups -OCH3 is 1. The summed E-state index contributed by atoms with van der Waals surface area (Å²) in [4.78, 5) is 44.6. The lowest BCUT2D eigenvalue weighted by atomic mass is 9.96. The Kier molecular flexibility index (Phi) is 6.57. The first kappa shape index (κ1) is 21.9. The van der Waals surface area contributed by atoms with Crippen molar-refractivity contribution in [3.63, 3.8) is 0 Å². The smallest absolute Gasteiger partial charge is 0.261 e. The van der Waals surface area contributed by atoms with Gasteiger partial charge in [-0.25, -0.2) is 0 Å². The van der Waals surface area contributed by atoms with Gasteiger partial charge in [-0.05, 0) is 35.2 Å². The third kappa shape index (κ3) is 4.51. The van der Waals surface area contributed by atoms with E-state index in [9.17, 15) is 14.4 Å². The van der Waals surface area contributed by atoms with E-state index in [4.69, 9.17) is 10.3 Å². The van der Waals surface area contributed by atoms with Crippen molar-refractivity contribution in [1.82, 2.24) is 9.80 Å². The number of benzene rings is 2. The minimum atomic E-state index is -0.793. The van der Waals surface area contributed by atoms with Crippen molar-refractivity contribution in [2.24, 2.45) is 11.0 Å². The summed E-state index contributed by atoms with van der Waals surface area (Å²) < 4.78 is 5.16. The van der Waals surface area contributed by atoms with Gasteiger partial charge in [0.25, 0.3) is 11.8 Å². The van der Waals surface area contributed by atoms with Crippen LogP contribution in [0.1, 0.15) is 29.8 Å². The van der Waals surface area contributed by atoms with Crippen LogP contribution in [0.5, 0.6) is 5.75 Å². The quantitative estimate of drug-likeness (QED) is 0.306. The van der Waals surface area contributed by atoms with Gasteiger partial charge in [-0.15, -0.1) is 0 Å². The maximum Gasteiger partial charge on any atom is 0.261 e. The van der Waals surface area contributed by atoms with Gasteiger partial charge in [0.05, 0.1) is 12.8 Å². The summed E-state index contributed by atoms with van der Waals surface area (Å²) in [7, 11) is 1.57. The lowest BCUT2D eigenvalue weighted by Crippen LogP contribution is -2.62. The number of hydrogen-bond donors (Lipinski definition) is 0. The van der Waals surface area contributed by atoms with Crippen molar-refractivity contribution in [3.05, 3.63) is 70.1 Å². The van der Waals surface area contributed by atoms with Crippen LogP contribution in [0.15, 0.2) is 53.6 Å². The van der Waals surface area contributed by atoms with Crippen LogP contribution in [0.3, 0.4) is 0 Å². The van der Waals surface area contributed by atoms with Crippen LogP contribution >= 0.6 is 0 Å². The number of imide groups is 1. The second-order valence-electron chi connectivity index (χ2n) is 7.49. The van der Waals surface area contributed by atoms with Crippen molar-refractivity contribution in [2.75, 3.05) is 13.7 Å². The molecule has 3 rings (SSSR count). The predicted octanol–water partition coefficient (Wildman–Crippen LogP) is 3.67. The molecule has 0 bridgehead atoms. The van der Waals surface area contributed by atoms with Crippen molar-refractivity contribution in [3.8, 4) is 5.75 Å². The fourth-order valence-electron chi connectivity index (χ4n) is 3.62. The van der Waals surface area contributed by atoms with Gasteiger partial charge in [0.1, 0.15) is 18.3 Å². The van der Waals surface area contributed by atoms with Gasteiger partial charge < -0.3 is 9.64 Å². The van der Waals surface area contributed by atoms with Crippen LogP contribution in [0.2, 0.25) is 0 Å². The summed E-state index contributed by atoms with van der Waals surface area (Å²) >= 11 is 0. The average molecular weight is 421 g/mol. The van der Waals surface area contributed by atoms with E-state index in [0.29, 0.717) is 5.75 Å². The van der Waals surface area contributed by atoms with Crippen molar-refractivity contribution in [1.29, 1.82) is 0 Å². The first-order valence-electron chi connectivity index (χ1n) is 9.79. The molecule has 1 aliphatic rings. The zero-order chi connectivity index (χ0) is 22.5. The Labute approximate surface area is 179 Å². The molecule has 0 unspecified atom stereocenters. The summed E-state index contributed by atoms with van der Waals surface area (Å²) in [6.07, 6.45) is 0. The van der Waals surface area contributed by atoms with Crippen molar-refractivity contribution >= 4 is 23.4 Å². The molecule has 2 aromatic rings. The Balaban J connectivity index is 1.89. The highest BCUT2D eigenvalue weighted by atomic mass is 16.5. The topological polar surface area (TPSA) is 116 Å². The van der Waals surface area contributed by atoms with Crippen LogP contribution in [-0.4, -0.2) is 47.2 Å². The highest BCUT2D eigenvalue weighted by molar-refractivity contribution is 6.12. The van der Waals surface area contributed by atoms with E-state index < -0.39 is 17.9 Å². The third-order valence-corrected chi connectivity index (χ3v) is 5.14. The van der Waals surface area contributed by atoms with E-state index in [2.05, 4.69) is 10.0 Å². The van der Waals surface area contributed by atoms with Gasteiger partial charge in [-0.2, -0.15) is 0 Å². The van der Waals surface area contributed by atoms with E-state index >= 15 is 0 Å². The van der Waals surface area contributed by atoms with Crippen LogP contribution in [0.25, 0.3) is 10.4 Å². The van der Waals surface area contributed by atoms with Crippen molar-refractivity contribution < 1.29 is 19.1 Å². The van der Waals surface area contributed by atoms with E-state index in [1.165, 1.54) is 17.0 Å². The molecule has 1 heterocycles. The van der Waals surface area contributed by atoms with Gasteiger partial charge in [-0.1, -0.05) is 49.3 Å². The second-order valence-corrected chi connectivity index (χ2v) is 7.49. The fourth-order valence-corrected chi connectivity index (χ4v) is 3.62. The summed E-state index contributed by atoms with van der Waals surface area (Å²) in [6, 6.07) is 12.6. The Hall–Kier alpha value is -3.84. The number of hydrogen-bond acceptors (Lipinski definition) is 5. The molecule has 0 spiro atoms. The molecular weight excluding hydrogens is 398 g/mol. The summed E-state index contributed by atoms with van der Waals surface area (Å²) in [6.45, 7) is 3.54. The molecule has 1 atom stereocenters. The molecule has 0 radical (unpaired) electrons. The molecular formula is C22H23N5O4. The summed E-state index contributed by atoms with van der Waals surface area (Å²) in [5.74, 6) is -0.956. The molecule has 2 aromatic carbocycles. The standard InChI is InChI=1S/C22H23N5O4/c1-14(2)20-22(30)27(21(29)17-6-4-5-7-18(17)24-25-23)13-19(28)26(20)12-15-8-10-16(31-3)11-9-15/h4-11,14,20H,12-13H2,1-3H3/t20-/m0/s1. The number of carbonyl (C=O) groups excluding carboxylic acids is 3. The molecule has 3 amide bonds. The molecule has 31 heavy (non-hydrogen) atoms. The normalized spacial score (nSPS) is 16.3. The Morgan fingerprint density at radius 3 is 2.48 bits per heavy atom. The van der Waals surface area contributed by atoms with Gasteiger partial charge in [0.15, 0.2) is 0 Å². The van der Waals surface area contributed by atoms with Crippen LogP contribution in [0.4, 0.5) is 5.69 Å². The summed E-state index contributed by atoms with van der Waals surface area (Å²) in [5.41, 5.74) is 9.78. The van der Waals surface area contributed by atoms with E-state index in [-0.39, 0.29) is 36.2 Å². The average Bonchev–Trinajstić information content (AvgIpc) is 2.76. The zero-order valence-electron chi connectivity index (χ0n) is 17.6. The minimum absolute atomic E-state index is 0.0764. The second kappa shape index (κ2) is 9.32. The number of nitrogens with zero attached hydrogens (tertiary/aromatic N) is 5. The highest BCUT2D eigenvalue weighted by Crippen LogP contribution is 2.27. The minimum Gasteiger partial charge on any atom is -0.497 e. The number of rotatable bonds is 6. The third-order valence-electron chi connectivity index (χ3n) is 5.14. The van der Waals surface area contributed by atoms with E-state index in [0.717, 1.165) is 10.5 Å². The summed E-state index contributed by atoms with van der Waals surface area (Å²) in [5, 5.41) is 3.52. The monoisotopic (exact) mass is 421 g/mol. The highest BCUT2D eigenvalue weighted by Gasteiger charge is 2.43. The van der Waals surface area contributed by atoms with E-state index in [1.54, 1.807) is 31.4 Å². The van der Waals surface area contributed by atoms with Crippen molar-refractivity contribution in [2.45, 2.75) is 26.4 Å². The molecule has 160 valence electrons. The number of piperazine rings is 1. The lowest BCUT2D eigenvalue weighted by Gasteiger charge is -2.41. The predicted molar refractivity (Wildman–Crippen MR) is 113 cm³/mol. The van der Waals surface area contributed by atoms with Gasteiger partial charge in [0, 0.05) is 17.0 Å². The SMILES string of the molecule is COc1ccc(CN2C(=O)CN(C(=O)c3ccccc3N=[N+]=[N-])C(=O)[C@@H]2C(C)C)cc1. The molecule has 9 nitrogen and oxygen atoms in total. The Bertz CT molecular complexity index is 1040. The number of amides is 3. The lowest BCUT2D eigenvalue weighted by molar-refractivity contribution is -0.155. The van der Waals surface area contributed by atoms with Gasteiger partial charge in [0.2, 0.25) is 5.91 Å². The Morgan fingerprint density at radius 1 is 1.19 bits per heavy atom.